The van der Waals surface area contributed by atoms with Gasteiger partial charge in [-0.1, -0.05) is 127 Å². The summed E-state index contributed by atoms with van der Waals surface area (Å²) < 4.78 is 24.0. The van der Waals surface area contributed by atoms with E-state index in [0.29, 0.717) is 0 Å². The van der Waals surface area contributed by atoms with Crippen LogP contribution in [0.3, 0.4) is 0 Å². The number of benzene rings is 10. The van der Waals surface area contributed by atoms with Gasteiger partial charge in [-0.15, -0.1) is 11.3 Å². The lowest BCUT2D eigenvalue weighted by molar-refractivity contribution is 0.464. The largest absolute Gasteiger partial charge is 0.458 e. The predicted octanol–water partition coefficient (Wildman–Crippen LogP) is 14.1. The van der Waals surface area contributed by atoms with Crippen molar-refractivity contribution in [2.75, 3.05) is 0 Å². The molecule has 0 spiro atoms. The Kier molecular flexibility index (Phi) is 6.98. The second-order valence-corrected chi connectivity index (χ2v) is 19.0. The Morgan fingerprint density at radius 3 is 1.70 bits per heavy atom. The molecule has 0 aliphatic carbocycles. The molecule has 0 radical (unpaired) electrons. The highest BCUT2D eigenvalue weighted by atomic mass is 32.1. The van der Waals surface area contributed by atoms with Gasteiger partial charge in [0.05, 0.1) is 38.8 Å². The molecule has 0 fully saturated rings. The first-order valence-corrected chi connectivity index (χ1v) is 23.7. The fraction of sp³-hybridized carbons (Fsp3) is 0. The summed E-state index contributed by atoms with van der Waals surface area (Å²) in [7, 11) is 0. The van der Waals surface area contributed by atoms with E-state index in [2.05, 4.69) is 220 Å². The third-order valence-electron chi connectivity index (χ3n) is 14.5. The van der Waals surface area contributed by atoms with Crippen molar-refractivity contribution < 1.29 is 9.47 Å². The number of para-hydroxylation sites is 5. The Morgan fingerprint density at radius 2 is 0.910 bits per heavy atom. The highest BCUT2D eigenvalue weighted by molar-refractivity contribution is 7.26. The van der Waals surface area contributed by atoms with Crippen LogP contribution in [-0.2, 0) is 0 Å². The molecule has 0 unspecified atom stereocenters. The molecule has 0 atom stereocenters. The second kappa shape index (κ2) is 13.1. The smallest absolute Gasteiger partial charge is 0.260 e. The lowest BCUT2D eigenvalue weighted by Crippen LogP contribution is -2.57. The quantitative estimate of drug-likeness (QED) is 0.166. The third-order valence-corrected chi connectivity index (χ3v) is 15.7. The molecule has 7 heteroatoms. The minimum absolute atomic E-state index is 0.0718. The van der Waals surface area contributed by atoms with Gasteiger partial charge in [-0.2, -0.15) is 0 Å². The third kappa shape index (κ3) is 4.73. The number of hydrogen-bond acceptors (Lipinski definition) is 3. The summed E-state index contributed by atoms with van der Waals surface area (Å²) in [5.74, 6) is 3.34. The lowest BCUT2D eigenvalue weighted by atomic mass is 9.35. The molecule has 14 aromatic rings. The first kappa shape index (κ1) is 35.8. The van der Waals surface area contributed by atoms with Gasteiger partial charge in [0.25, 0.3) is 6.71 Å². The van der Waals surface area contributed by atoms with E-state index in [0.717, 1.165) is 78.5 Å². The van der Waals surface area contributed by atoms with E-state index in [1.165, 1.54) is 63.5 Å². The summed E-state index contributed by atoms with van der Waals surface area (Å²) in [6.07, 6.45) is 0. The average molecular weight is 872 g/mol. The van der Waals surface area contributed by atoms with Crippen molar-refractivity contribution in [2.24, 2.45) is 0 Å². The molecule has 16 rings (SSSR count). The molecule has 4 aromatic heterocycles. The van der Waals surface area contributed by atoms with E-state index in [4.69, 9.17) is 9.47 Å². The van der Waals surface area contributed by atoms with Gasteiger partial charge in [0.1, 0.15) is 23.0 Å². The van der Waals surface area contributed by atoms with Crippen LogP contribution in [-0.4, -0.2) is 20.4 Å². The Bertz CT molecular complexity index is 4480. The van der Waals surface area contributed by atoms with Gasteiger partial charge in [-0.3, -0.25) is 0 Å². The Morgan fingerprint density at radius 1 is 0.343 bits per heavy atom. The van der Waals surface area contributed by atoms with E-state index < -0.39 is 0 Å². The normalized spacial score (nSPS) is 13.0. The summed E-state index contributed by atoms with van der Waals surface area (Å²) in [4.78, 5) is 0. The van der Waals surface area contributed by atoms with Crippen molar-refractivity contribution in [1.82, 2.24) is 13.7 Å². The molecule has 6 heterocycles. The van der Waals surface area contributed by atoms with Crippen LogP contribution in [0.2, 0.25) is 0 Å². The predicted molar refractivity (Wildman–Crippen MR) is 280 cm³/mol. The number of ether oxygens (including phenoxy) is 2. The van der Waals surface area contributed by atoms with Gasteiger partial charge in [-0.05, 0) is 71.6 Å². The van der Waals surface area contributed by atoms with Gasteiger partial charge in [0.15, 0.2) is 0 Å². The Hall–Kier alpha value is -8.52. The molecule has 0 bridgehead atoms. The highest BCUT2D eigenvalue weighted by Crippen LogP contribution is 2.46. The monoisotopic (exact) mass is 871 g/mol. The van der Waals surface area contributed by atoms with Crippen LogP contribution in [0.5, 0.6) is 23.0 Å². The fourth-order valence-electron chi connectivity index (χ4n) is 11.8. The molecule has 2 aliphatic rings. The summed E-state index contributed by atoms with van der Waals surface area (Å²) in [5.41, 5.74) is 13.5. The van der Waals surface area contributed by atoms with Crippen molar-refractivity contribution in [3.8, 4) is 40.1 Å². The topological polar surface area (TPSA) is 33.2 Å². The van der Waals surface area contributed by atoms with Gasteiger partial charge >= 0.3 is 0 Å². The maximum absolute atomic E-state index is 7.25. The van der Waals surface area contributed by atoms with Crippen molar-refractivity contribution in [3.63, 3.8) is 0 Å². The van der Waals surface area contributed by atoms with E-state index in [9.17, 15) is 0 Å². The molecule has 2 aliphatic heterocycles. The van der Waals surface area contributed by atoms with Gasteiger partial charge in [0.2, 0.25) is 0 Å². The van der Waals surface area contributed by atoms with Crippen molar-refractivity contribution in [3.05, 3.63) is 206 Å². The van der Waals surface area contributed by atoms with Crippen LogP contribution in [0.25, 0.3) is 103 Å². The molecule has 0 saturated carbocycles. The molecule has 67 heavy (non-hydrogen) atoms. The minimum atomic E-state index is -0.0718. The van der Waals surface area contributed by atoms with E-state index in [1.54, 1.807) is 0 Å². The standard InChI is InChI=1S/C60H34BN3O2S/c1-2-14-35(15-3-1)64-46-21-9-4-16-38(46)40-27-30-49-56(59(40)64)42-18-5-10-22-47(42)62(49)36-26-29-45-52(32-36)66-54-34-37(33-53-58(54)61(45)44-20-8-12-24-51(44)65-53)63-48-23-11-6-19-43(48)57-50(63)31-28-41-39-17-7-13-25-55(39)67-60(41)57/h1-34H. The van der Waals surface area contributed by atoms with Crippen LogP contribution in [0.1, 0.15) is 0 Å². The molecular formula is C60H34BN3O2S. The number of nitrogens with zero attached hydrogens (tertiary/aromatic N) is 3. The molecule has 310 valence electrons. The SMILES string of the molecule is c1ccc(-n2c3ccccc3c3ccc4c(c5ccccc5n4-c4ccc5c(c4)Oc4cc(-n6c7ccccc7c7c8sc9ccccc9c8ccc76)cc6c4B5c4ccccc4O6)c32)cc1. The minimum Gasteiger partial charge on any atom is -0.458 e. The Balaban J connectivity index is 0.927. The summed E-state index contributed by atoms with van der Waals surface area (Å²) >= 11 is 1.88. The van der Waals surface area contributed by atoms with Gasteiger partial charge in [-0.25, -0.2) is 0 Å². The average Bonchev–Trinajstić information content (AvgIpc) is 4.12. The van der Waals surface area contributed by atoms with Crippen molar-refractivity contribution in [2.45, 2.75) is 0 Å². The maximum Gasteiger partial charge on any atom is 0.260 e. The number of hydrogen-bond donors (Lipinski definition) is 0. The molecule has 5 nitrogen and oxygen atoms in total. The summed E-state index contributed by atoms with van der Waals surface area (Å²) in [6, 6.07) is 74.8. The maximum atomic E-state index is 7.25. The van der Waals surface area contributed by atoms with Gasteiger partial charge < -0.3 is 23.2 Å². The number of fused-ring (bicyclic) bond motifs is 18. The number of aromatic nitrogens is 3. The molecule has 0 amide bonds. The Labute approximate surface area is 387 Å². The summed E-state index contributed by atoms with van der Waals surface area (Å²) in [6.45, 7) is -0.0718. The highest BCUT2D eigenvalue weighted by Gasteiger charge is 2.41. The molecule has 10 aromatic carbocycles. The zero-order valence-electron chi connectivity index (χ0n) is 35.8. The van der Waals surface area contributed by atoms with E-state index in [-0.39, 0.29) is 6.71 Å². The van der Waals surface area contributed by atoms with Gasteiger partial charge in [0, 0.05) is 87.5 Å². The van der Waals surface area contributed by atoms with Crippen LogP contribution in [0.4, 0.5) is 0 Å². The van der Waals surface area contributed by atoms with E-state index >= 15 is 0 Å². The van der Waals surface area contributed by atoms with E-state index in [1.807, 2.05) is 11.3 Å². The van der Waals surface area contributed by atoms with Crippen LogP contribution >= 0.6 is 11.3 Å². The zero-order chi connectivity index (χ0) is 43.5. The first-order valence-electron chi connectivity index (χ1n) is 22.9. The van der Waals surface area contributed by atoms with Crippen LogP contribution in [0, 0.1) is 0 Å². The number of rotatable bonds is 3. The zero-order valence-corrected chi connectivity index (χ0v) is 36.6. The van der Waals surface area contributed by atoms with Crippen LogP contribution in [0.15, 0.2) is 206 Å². The fourth-order valence-corrected chi connectivity index (χ4v) is 13.1. The lowest BCUT2D eigenvalue weighted by Gasteiger charge is -2.33. The molecular weight excluding hydrogens is 838 g/mol. The molecule has 0 N–H and O–H groups in total. The van der Waals surface area contributed by atoms with Crippen molar-refractivity contribution in [1.29, 1.82) is 0 Å². The first-order chi connectivity index (χ1) is 33.2. The van der Waals surface area contributed by atoms with Crippen LogP contribution < -0.4 is 25.9 Å². The number of thiophene rings is 1. The molecule has 0 saturated heterocycles. The van der Waals surface area contributed by atoms with Crippen molar-refractivity contribution >= 4 is 120 Å². The summed E-state index contributed by atoms with van der Waals surface area (Å²) in [5, 5.41) is 10.0. The second-order valence-electron chi connectivity index (χ2n) is 17.9.